The van der Waals surface area contributed by atoms with Crippen molar-refractivity contribution in [2.75, 3.05) is 19.6 Å². The average molecular weight is 416 g/mol. The second-order valence-corrected chi connectivity index (χ2v) is 8.82. The number of carbonyl (C=O) groups excluding carboxylic acids is 2. The predicted octanol–water partition coefficient (Wildman–Crippen LogP) is 4.78. The van der Waals surface area contributed by atoms with Crippen LogP contribution in [-0.2, 0) is 4.79 Å². The molecule has 31 heavy (non-hydrogen) atoms. The minimum atomic E-state index is -0.262. The van der Waals surface area contributed by atoms with Crippen LogP contribution in [-0.4, -0.2) is 36.3 Å². The Labute approximate surface area is 181 Å². The smallest absolute Gasteiger partial charge is 0.253 e. The number of likely N-dealkylation sites (tertiary alicyclic amines) is 1. The fourth-order valence-corrected chi connectivity index (χ4v) is 4.96. The maximum atomic E-state index is 13.7. The quantitative estimate of drug-likeness (QED) is 0.654. The zero-order valence-electron chi connectivity index (χ0n) is 17.4. The predicted molar refractivity (Wildman–Crippen MR) is 119 cm³/mol. The van der Waals surface area contributed by atoms with E-state index in [0.717, 1.165) is 60.8 Å². The molecule has 158 valence electrons. The van der Waals surface area contributed by atoms with Gasteiger partial charge in [0.15, 0.2) is 0 Å². The zero-order valence-corrected chi connectivity index (χ0v) is 17.4. The number of fused-ring (bicyclic) bond motifs is 1. The minimum absolute atomic E-state index is 0.0488. The summed E-state index contributed by atoms with van der Waals surface area (Å²) in [6.07, 6.45) is 3.36. The molecule has 3 aromatic carbocycles. The molecule has 2 aliphatic heterocycles. The van der Waals surface area contributed by atoms with Gasteiger partial charge in [0.05, 0.1) is 0 Å². The first-order valence-electron chi connectivity index (χ1n) is 10.9. The Balaban J connectivity index is 1.36. The molecular weight excluding hydrogens is 391 g/mol. The van der Waals surface area contributed by atoms with Crippen molar-refractivity contribution in [1.29, 1.82) is 0 Å². The zero-order chi connectivity index (χ0) is 21.4. The summed E-state index contributed by atoms with van der Waals surface area (Å²) in [4.78, 5) is 26.6. The van der Waals surface area contributed by atoms with Crippen LogP contribution in [0.4, 0.5) is 4.39 Å². The van der Waals surface area contributed by atoms with Gasteiger partial charge in [-0.15, -0.1) is 0 Å². The molecule has 2 fully saturated rings. The summed E-state index contributed by atoms with van der Waals surface area (Å²) in [6, 6.07) is 18.3. The fraction of sp³-hybridized carbons (Fsp3) is 0.308. The molecule has 5 rings (SSSR count). The Hall–Kier alpha value is -3.21. The van der Waals surface area contributed by atoms with E-state index >= 15 is 0 Å². The average Bonchev–Trinajstić information content (AvgIpc) is 2.80. The number of piperidine rings is 2. The highest BCUT2D eigenvalue weighted by molar-refractivity contribution is 6.02. The molecule has 1 N–H and O–H groups in total. The highest BCUT2D eigenvalue weighted by atomic mass is 19.1. The first kappa shape index (κ1) is 19.7. The molecule has 1 spiro atoms. The van der Waals surface area contributed by atoms with Crippen LogP contribution in [0.1, 0.15) is 36.0 Å². The molecule has 4 nitrogen and oxygen atoms in total. The molecule has 2 aliphatic rings. The largest absolute Gasteiger partial charge is 0.356 e. The molecule has 0 aromatic heterocycles. The van der Waals surface area contributed by atoms with Crippen molar-refractivity contribution in [3.05, 3.63) is 72.0 Å². The summed E-state index contributed by atoms with van der Waals surface area (Å²) >= 11 is 0. The van der Waals surface area contributed by atoms with Gasteiger partial charge >= 0.3 is 0 Å². The minimum Gasteiger partial charge on any atom is -0.356 e. The number of benzene rings is 3. The van der Waals surface area contributed by atoms with Crippen LogP contribution in [0.5, 0.6) is 0 Å². The summed E-state index contributed by atoms with van der Waals surface area (Å²) in [5, 5.41) is 4.96. The van der Waals surface area contributed by atoms with Gasteiger partial charge in [0, 0.05) is 31.6 Å². The molecular formula is C26H25FN2O2. The molecule has 2 heterocycles. The molecule has 0 unspecified atom stereocenters. The highest BCUT2D eigenvalue weighted by Crippen LogP contribution is 2.38. The monoisotopic (exact) mass is 416 g/mol. The van der Waals surface area contributed by atoms with Crippen molar-refractivity contribution in [1.82, 2.24) is 10.2 Å². The first-order chi connectivity index (χ1) is 15.0. The third-order valence-corrected chi connectivity index (χ3v) is 6.92. The summed E-state index contributed by atoms with van der Waals surface area (Å²) in [6.45, 7) is 2.17. The Bertz CT molecular complexity index is 1150. The van der Waals surface area contributed by atoms with Crippen LogP contribution in [0.2, 0.25) is 0 Å². The van der Waals surface area contributed by atoms with Crippen LogP contribution in [0.15, 0.2) is 60.7 Å². The lowest BCUT2D eigenvalue weighted by molar-refractivity contribution is -0.125. The van der Waals surface area contributed by atoms with Gasteiger partial charge in [-0.2, -0.15) is 0 Å². The van der Waals surface area contributed by atoms with Crippen molar-refractivity contribution in [3.63, 3.8) is 0 Å². The highest BCUT2D eigenvalue weighted by Gasteiger charge is 2.38. The van der Waals surface area contributed by atoms with Crippen LogP contribution in [0.3, 0.4) is 0 Å². The lowest BCUT2D eigenvalue weighted by atomic mass is 9.73. The van der Waals surface area contributed by atoms with Gasteiger partial charge in [0.2, 0.25) is 5.91 Å². The van der Waals surface area contributed by atoms with E-state index in [1.807, 2.05) is 47.4 Å². The van der Waals surface area contributed by atoms with Crippen molar-refractivity contribution >= 4 is 22.6 Å². The van der Waals surface area contributed by atoms with E-state index in [9.17, 15) is 14.0 Å². The van der Waals surface area contributed by atoms with Crippen molar-refractivity contribution in [2.24, 2.45) is 5.41 Å². The second kappa shape index (κ2) is 7.80. The van der Waals surface area contributed by atoms with E-state index in [4.69, 9.17) is 0 Å². The van der Waals surface area contributed by atoms with E-state index in [-0.39, 0.29) is 23.0 Å². The van der Waals surface area contributed by atoms with Crippen molar-refractivity contribution in [3.8, 4) is 11.1 Å². The van der Waals surface area contributed by atoms with Gasteiger partial charge < -0.3 is 10.2 Å². The van der Waals surface area contributed by atoms with Gasteiger partial charge in [0.1, 0.15) is 5.82 Å². The van der Waals surface area contributed by atoms with E-state index in [1.54, 1.807) is 6.07 Å². The molecule has 2 saturated heterocycles. The Morgan fingerprint density at radius 2 is 1.77 bits per heavy atom. The SMILES string of the molecule is O=C1CCC2(CCN(C(=O)c3ccc4c(-c5cccc(F)c5)cccc4c3)CC2)CN1. The Kier molecular flexibility index (Phi) is 4.97. The molecule has 0 radical (unpaired) electrons. The third kappa shape index (κ3) is 3.80. The molecule has 2 amide bonds. The number of rotatable bonds is 2. The topological polar surface area (TPSA) is 49.4 Å². The molecule has 0 saturated carbocycles. The maximum absolute atomic E-state index is 13.7. The van der Waals surface area contributed by atoms with E-state index in [0.29, 0.717) is 12.0 Å². The summed E-state index contributed by atoms with van der Waals surface area (Å²) in [7, 11) is 0. The molecule has 5 heteroatoms. The van der Waals surface area contributed by atoms with Gasteiger partial charge in [-0.3, -0.25) is 9.59 Å². The maximum Gasteiger partial charge on any atom is 0.253 e. The van der Waals surface area contributed by atoms with Crippen LogP contribution in [0, 0.1) is 11.2 Å². The lowest BCUT2D eigenvalue weighted by Gasteiger charge is -2.44. The molecule has 0 atom stereocenters. The normalized spacial score (nSPS) is 18.2. The molecule has 0 aliphatic carbocycles. The third-order valence-electron chi connectivity index (χ3n) is 6.92. The number of nitrogens with zero attached hydrogens (tertiary/aromatic N) is 1. The number of hydrogen-bond donors (Lipinski definition) is 1. The van der Waals surface area contributed by atoms with Gasteiger partial charge in [-0.05, 0) is 70.8 Å². The summed E-state index contributed by atoms with van der Waals surface area (Å²) in [5.74, 6) is -0.0765. The number of nitrogens with one attached hydrogen (secondary N) is 1. The molecule has 0 bridgehead atoms. The summed E-state index contributed by atoms with van der Waals surface area (Å²) < 4.78 is 13.7. The van der Waals surface area contributed by atoms with E-state index in [1.165, 1.54) is 12.1 Å². The van der Waals surface area contributed by atoms with Crippen LogP contribution >= 0.6 is 0 Å². The van der Waals surface area contributed by atoms with Crippen LogP contribution < -0.4 is 5.32 Å². The number of hydrogen-bond acceptors (Lipinski definition) is 2. The van der Waals surface area contributed by atoms with Gasteiger partial charge in [-0.1, -0.05) is 36.4 Å². The number of carbonyl (C=O) groups is 2. The van der Waals surface area contributed by atoms with Gasteiger partial charge in [0.25, 0.3) is 5.91 Å². The lowest BCUT2D eigenvalue weighted by Crippen LogP contribution is -2.50. The number of halogens is 1. The Morgan fingerprint density at radius 3 is 2.52 bits per heavy atom. The number of amides is 2. The van der Waals surface area contributed by atoms with E-state index < -0.39 is 0 Å². The van der Waals surface area contributed by atoms with Crippen molar-refractivity contribution < 1.29 is 14.0 Å². The summed E-state index contributed by atoms with van der Waals surface area (Å²) in [5.41, 5.74) is 2.60. The Morgan fingerprint density at radius 1 is 0.968 bits per heavy atom. The molecule has 3 aromatic rings. The van der Waals surface area contributed by atoms with Crippen molar-refractivity contribution in [2.45, 2.75) is 25.7 Å². The second-order valence-electron chi connectivity index (χ2n) is 8.82. The standard InChI is InChI=1S/C26H25FN2O2/c27-21-5-1-3-19(16-21)22-6-2-4-18-15-20(7-8-23(18)22)25(31)29-13-11-26(12-14-29)10-9-24(30)28-17-26/h1-8,15-16H,9-14,17H2,(H,28,30). The first-order valence-corrected chi connectivity index (χ1v) is 10.9. The van der Waals surface area contributed by atoms with Gasteiger partial charge in [-0.25, -0.2) is 4.39 Å². The van der Waals surface area contributed by atoms with E-state index in [2.05, 4.69) is 5.32 Å². The fourth-order valence-electron chi connectivity index (χ4n) is 4.96. The van der Waals surface area contributed by atoms with Crippen LogP contribution in [0.25, 0.3) is 21.9 Å².